The molecule has 1 rings (SSSR count). The van der Waals surface area contributed by atoms with Crippen molar-refractivity contribution in [1.29, 1.82) is 0 Å². The summed E-state index contributed by atoms with van der Waals surface area (Å²) in [5.74, 6) is -2.79. The summed E-state index contributed by atoms with van der Waals surface area (Å²) in [7, 11) is 0. The highest BCUT2D eigenvalue weighted by Gasteiger charge is 2.21. The molecule has 1 N–H and O–H groups in total. The van der Waals surface area contributed by atoms with E-state index in [-0.39, 0.29) is 10.9 Å². The summed E-state index contributed by atoms with van der Waals surface area (Å²) < 4.78 is 37.8. The minimum absolute atomic E-state index is 0.0174. The smallest absolute Gasteiger partial charge is 0.357 e. The van der Waals surface area contributed by atoms with Crippen LogP contribution in [0.2, 0.25) is 0 Å². The van der Waals surface area contributed by atoms with Gasteiger partial charge in [-0.2, -0.15) is 0 Å². The van der Waals surface area contributed by atoms with Crippen LogP contribution >= 0.6 is 15.9 Å². The van der Waals surface area contributed by atoms with Gasteiger partial charge in [0, 0.05) is 5.33 Å². The van der Waals surface area contributed by atoms with Crippen LogP contribution in [0, 0.1) is 5.82 Å². The fourth-order valence-electron chi connectivity index (χ4n) is 0.987. The molecule has 0 aliphatic heterocycles. The van der Waals surface area contributed by atoms with Crippen molar-refractivity contribution in [2.75, 3.05) is 0 Å². The van der Waals surface area contributed by atoms with E-state index in [9.17, 15) is 18.0 Å². The average molecular weight is 284 g/mol. The fourth-order valence-corrected chi connectivity index (χ4v) is 1.44. The summed E-state index contributed by atoms with van der Waals surface area (Å²) in [6.07, 6.45) is -2.93. The molecule has 15 heavy (non-hydrogen) atoms. The van der Waals surface area contributed by atoms with E-state index in [1.807, 2.05) is 0 Å². The Morgan fingerprint density at radius 1 is 1.60 bits per heavy atom. The third-order valence-electron chi connectivity index (χ3n) is 1.64. The van der Waals surface area contributed by atoms with Gasteiger partial charge in [-0.3, -0.25) is 0 Å². The highest BCUT2D eigenvalue weighted by molar-refractivity contribution is 9.08. The number of halogens is 4. The Kier molecular flexibility index (Phi) is 3.67. The zero-order valence-corrected chi connectivity index (χ0v) is 8.76. The van der Waals surface area contributed by atoms with E-state index in [4.69, 9.17) is 5.11 Å². The van der Waals surface area contributed by atoms with E-state index in [0.717, 1.165) is 6.07 Å². The second-order valence-electron chi connectivity index (χ2n) is 2.60. The molecule has 0 unspecified atom stereocenters. The number of carboxylic acid groups (broad SMARTS) is 1. The van der Waals surface area contributed by atoms with Crippen molar-refractivity contribution in [3.8, 4) is 0 Å². The molecular formula is C8H5BrF3NO2. The number of alkyl halides is 3. The van der Waals surface area contributed by atoms with Crippen molar-refractivity contribution >= 4 is 21.9 Å². The number of hydrogen-bond acceptors (Lipinski definition) is 2. The van der Waals surface area contributed by atoms with Crippen molar-refractivity contribution in [3.63, 3.8) is 0 Å². The Labute approximate surface area is 91.1 Å². The van der Waals surface area contributed by atoms with Gasteiger partial charge in [-0.25, -0.2) is 22.9 Å². The molecule has 1 aromatic heterocycles. The van der Waals surface area contributed by atoms with E-state index in [1.165, 1.54) is 0 Å². The molecule has 1 aromatic rings. The zero-order chi connectivity index (χ0) is 11.6. The summed E-state index contributed by atoms with van der Waals surface area (Å²) in [5, 5.41) is 8.46. The molecule has 0 radical (unpaired) electrons. The number of nitrogens with zero attached hydrogens (tertiary/aromatic N) is 1. The van der Waals surface area contributed by atoms with Crippen LogP contribution in [0.5, 0.6) is 0 Å². The van der Waals surface area contributed by atoms with Crippen LogP contribution < -0.4 is 0 Å². The van der Waals surface area contributed by atoms with Gasteiger partial charge in [0.2, 0.25) is 0 Å². The van der Waals surface area contributed by atoms with Gasteiger partial charge >= 0.3 is 5.97 Å². The number of pyridine rings is 1. The van der Waals surface area contributed by atoms with Gasteiger partial charge < -0.3 is 5.11 Å². The summed E-state index contributed by atoms with van der Waals surface area (Å²) in [5.41, 5.74) is -1.77. The predicted octanol–water partition coefficient (Wildman–Crippen LogP) is 2.75. The largest absolute Gasteiger partial charge is 0.476 e. The van der Waals surface area contributed by atoms with E-state index >= 15 is 0 Å². The molecule has 0 aliphatic rings. The van der Waals surface area contributed by atoms with Crippen molar-refractivity contribution in [1.82, 2.24) is 4.98 Å². The quantitative estimate of drug-likeness (QED) is 0.868. The fraction of sp³-hybridized carbons (Fsp3) is 0.250. The molecule has 3 nitrogen and oxygen atoms in total. The first-order chi connectivity index (χ1) is 6.97. The minimum Gasteiger partial charge on any atom is -0.476 e. The molecule has 1 heterocycles. The molecule has 0 aromatic carbocycles. The predicted molar refractivity (Wildman–Crippen MR) is 48.7 cm³/mol. The minimum atomic E-state index is -2.93. The molecule has 0 aliphatic carbocycles. The van der Waals surface area contributed by atoms with Gasteiger partial charge in [0.25, 0.3) is 6.43 Å². The Morgan fingerprint density at radius 2 is 2.20 bits per heavy atom. The highest BCUT2D eigenvalue weighted by Crippen LogP contribution is 2.24. The Hall–Kier alpha value is -1.11. The standard InChI is InChI=1S/C8H5BrF3NO2/c9-2-3-1-4(10)6(8(14)15)13-5(3)7(11)12/h1,7H,2H2,(H,14,15). The molecule has 0 saturated heterocycles. The Balaban J connectivity index is 3.37. The summed E-state index contributed by atoms with van der Waals surface area (Å²) in [6.45, 7) is 0. The lowest BCUT2D eigenvalue weighted by molar-refractivity contribution is 0.0683. The molecule has 0 bridgehead atoms. The van der Waals surface area contributed by atoms with E-state index in [1.54, 1.807) is 0 Å². The SMILES string of the molecule is O=C(O)c1nc(C(F)F)c(CBr)cc1F. The molecular weight excluding hydrogens is 279 g/mol. The van der Waals surface area contributed by atoms with Gasteiger partial charge in [0.1, 0.15) is 5.69 Å². The van der Waals surface area contributed by atoms with Gasteiger partial charge in [0.05, 0.1) is 0 Å². The molecule has 0 amide bonds. The molecule has 0 saturated carbocycles. The number of aromatic carboxylic acids is 1. The summed E-state index contributed by atoms with van der Waals surface area (Å²) >= 11 is 2.88. The zero-order valence-electron chi connectivity index (χ0n) is 7.18. The van der Waals surface area contributed by atoms with Gasteiger partial charge in [-0.05, 0) is 11.6 Å². The van der Waals surface area contributed by atoms with Crippen molar-refractivity contribution in [3.05, 3.63) is 28.8 Å². The lowest BCUT2D eigenvalue weighted by Crippen LogP contribution is -2.09. The molecule has 7 heteroatoms. The molecule has 82 valence electrons. The van der Waals surface area contributed by atoms with Crippen molar-refractivity contribution in [2.24, 2.45) is 0 Å². The van der Waals surface area contributed by atoms with Gasteiger partial charge in [-0.1, -0.05) is 15.9 Å². The van der Waals surface area contributed by atoms with E-state index in [2.05, 4.69) is 20.9 Å². The second kappa shape index (κ2) is 4.61. The van der Waals surface area contributed by atoms with Crippen LogP contribution in [-0.4, -0.2) is 16.1 Å². The normalized spacial score (nSPS) is 10.7. The van der Waals surface area contributed by atoms with Crippen LogP contribution in [-0.2, 0) is 5.33 Å². The highest BCUT2D eigenvalue weighted by atomic mass is 79.9. The maximum Gasteiger partial charge on any atom is 0.357 e. The lowest BCUT2D eigenvalue weighted by atomic mass is 10.2. The van der Waals surface area contributed by atoms with Crippen LogP contribution in [0.4, 0.5) is 13.2 Å². The van der Waals surface area contributed by atoms with Crippen molar-refractivity contribution in [2.45, 2.75) is 11.8 Å². The van der Waals surface area contributed by atoms with Crippen LogP contribution in [0.1, 0.15) is 28.2 Å². The number of carboxylic acids is 1. The van der Waals surface area contributed by atoms with E-state index < -0.39 is 29.6 Å². The monoisotopic (exact) mass is 283 g/mol. The van der Waals surface area contributed by atoms with Crippen LogP contribution in [0.25, 0.3) is 0 Å². The Bertz CT molecular complexity index is 398. The first-order valence-electron chi connectivity index (χ1n) is 3.74. The number of rotatable bonds is 3. The molecule has 0 spiro atoms. The number of hydrogen-bond donors (Lipinski definition) is 1. The summed E-state index contributed by atoms with van der Waals surface area (Å²) in [4.78, 5) is 13.5. The third kappa shape index (κ3) is 2.47. The Morgan fingerprint density at radius 3 is 2.60 bits per heavy atom. The first kappa shape index (κ1) is 12.0. The lowest BCUT2D eigenvalue weighted by Gasteiger charge is -2.07. The average Bonchev–Trinajstić information content (AvgIpc) is 2.16. The third-order valence-corrected chi connectivity index (χ3v) is 2.25. The van der Waals surface area contributed by atoms with Crippen LogP contribution in [0.3, 0.4) is 0 Å². The van der Waals surface area contributed by atoms with Gasteiger partial charge in [0.15, 0.2) is 11.5 Å². The van der Waals surface area contributed by atoms with E-state index in [0.29, 0.717) is 0 Å². The maximum atomic E-state index is 13.0. The topological polar surface area (TPSA) is 50.2 Å². The molecule has 0 fully saturated rings. The first-order valence-corrected chi connectivity index (χ1v) is 4.86. The van der Waals surface area contributed by atoms with Crippen molar-refractivity contribution < 1.29 is 23.1 Å². The summed E-state index contributed by atoms with van der Waals surface area (Å²) in [6, 6.07) is 0.743. The van der Waals surface area contributed by atoms with Gasteiger partial charge in [-0.15, -0.1) is 0 Å². The maximum absolute atomic E-state index is 13.0. The number of carbonyl (C=O) groups is 1. The number of aromatic nitrogens is 1. The molecule has 0 atom stereocenters. The van der Waals surface area contributed by atoms with Crippen LogP contribution in [0.15, 0.2) is 6.07 Å². The second-order valence-corrected chi connectivity index (χ2v) is 3.16.